The molecule has 1 aliphatic rings. The number of anilines is 1. The van der Waals surface area contributed by atoms with Crippen molar-refractivity contribution in [3.05, 3.63) is 94.5 Å². The van der Waals surface area contributed by atoms with Gasteiger partial charge in [-0.3, -0.25) is 20.4 Å². The molecule has 1 heterocycles. The number of rotatable bonds is 8. The Kier molecular flexibility index (Phi) is 11.5. The summed E-state index contributed by atoms with van der Waals surface area (Å²) in [5.74, 6) is 0.0608. The number of nitrogens with two attached hydrogens (primary N) is 1. The zero-order chi connectivity index (χ0) is 27.1. The zero-order valence-electron chi connectivity index (χ0n) is 19.8. The Morgan fingerprint density at radius 1 is 1.08 bits per heavy atom. The third kappa shape index (κ3) is 8.36. The first-order valence-electron chi connectivity index (χ1n) is 10.8. The average molecular weight is 754 g/mol. The molecule has 8 nitrogen and oxygen atoms in total. The van der Waals surface area contributed by atoms with Gasteiger partial charge in [0.1, 0.15) is 5.69 Å². The largest absolute Gasteiger partial charge is 0.599 e. The van der Waals surface area contributed by atoms with Gasteiger partial charge in [-0.15, -0.1) is 5.10 Å². The third-order valence-corrected chi connectivity index (χ3v) is 6.53. The van der Waals surface area contributed by atoms with Crippen LogP contribution in [0.15, 0.2) is 81.9 Å². The van der Waals surface area contributed by atoms with Crippen LogP contribution in [0.1, 0.15) is 11.1 Å². The van der Waals surface area contributed by atoms with E-state index in [0.29, 0.717) is 32.2 Å². The van der Waals surface area contributed by atoms with E-state index in [0.717, 1.165) is 5.56 Å². The Morgan fingerprint density at radius 2 is 1.74 bits per heavy atom. The van der Waals surface area contributed by atoms with Crippen LogP contribution in [-0.4, -0.2) is 35.2 Å². The summed E-state index contributed by atoms with van der Waals surface area (Å²) in [6, 6.07) is 17.9. The molecule has 0 unspecified atom stereocenters. The normalized spacial score (nSPS) is 14.5. The molecule has 0 bridgehead atoms. The maximum atomic E-state index is 12.4. The van der Waals surface area contributed by atoms with Gasteiger partial charge in [0.15, 0.2) is 24.0 Å². The van der Waals surface area contributed by atoms with E-state index < -0.39 is 6.61 Å². The second-order valence-electron chi connectivity index (χ2n) is 7.53. The maximum Gasteiger partial charge on any atom is 0.243 e. The second kappa shape index (κ2) is 14.6. The van der Waals surface area contributed by atoms with Crippen LogP contribution >= 0.6 is 35.0 Å². The van der Waals surface area contributed by atoms with E-state index in [1.807, 2.05) is 0 Å². The number of carbonyl (C=O) groups excluding carboxylic acids is 1. The van der Waals surface area contributed by atoms with Gasteiger partial charge >= 0.3 is 0 Å². The zero-order valence-corrected chi connectivity index (χ0v) is 25.7. The summed E-state index contributed by atoms with van der Waals surface area (Å²) in [6.07, 6.45) is 2.97. The molecule has 0 radical (unpaired) electrons. The predicted molar refractivity (Wildman–Crippen MR) is 147 cm³/mol. The molecular formula is C25H18Cl2F2HfN6O2S. The average Bonchev–Trinajstić information content (AvgIpc) is 3.25. The molecule has 3 N–H and O–H groups in total. The summed E-state index contributed by atoms with van der Waals surface area (Å²) >= 11 is 13.7. The number of benzene rings is 3. The number of amides is 1. The van der Waals surface area contributed by atoms with Crippen molar-refractivity contribution in [2.75, 3.05) is 10.7 Å². The summed E-state index contributed by atoms with van der Waals surface area (Å²) in [5.41, 5.74) is 2.38. The Balaban J connectivity index is 0.00000420. The van der Waals surface area contributed by atoms with E-state index in [9.17, 15) is 13.6 Å². The van der Waals surface area contributed by atoms with Crippen molar-refractivity contribution in [2.24, 2.45) is 15.2 Å². The fourth-order valence-corrected chi connectivity index (χ4v) is 4.61. The van der Waals surface area contributed by atoms with Crippen molar-refractivity contribution in [3.63, 3.8) is 0 Å². The van der Waals surface area contributed by atoms with Crippen LogP contribution in [0, 0.1) is 12.0 Å². The van der Waals surface area contributed by atoms with Crippen molar-refractivity contribution < 1.29 is 49.5 Å². The molecule has 14 heteroatoms. The van der Waals surface area contributed by atoms with Gasteiger partial charge in [0.2, 0.25) is 5.91 Å². The number of aliphatic imine (C=N–C) groups is 1. The van der Waals surface area contributed by atoms with Gasteiger partial charge in [0.05, 0.1) is 33.4 Å². The number of hydrogen-bond acceptors (Lipinski definition) is 6. The molecule has 0 atom stereocenters. The quantitative estimate of drug-likeness (QED) is 0.0796. The standard InChI is InChI=1S/C25H17Cl2F2N6O2S.Hf/c26-19-2-1-3-20(27)22(19)35-21(36)13-38-25(35)34-33-12-15-4-6-16(7-5-15)23(30)32-14-31-17-8-10-18(11-9-17)37-24(28)29;/h1-12,14H,13H2,(H2,30,31,32);/q-1;/p+1/b33-12+,34-25-;. The van der Waals surface area contributed by atoms with Gasteiger partial charge in [-0.2, -0.15) is 10.1 Å². The van der Waals surface area contributed by atoms with Crippen LogP contribution in [0.3, 0.4) is 0 Å². The summed E-state index contributed by atoms with van der Waals surface area (Å²) < 4.78 is 28.5. The Bertz CT molecular complexity index is 1400. The number of para-hydroxylation sites is 1. The summed E-state index contributed by atoms with van der Waals surface area (Å²) in [5, 5.41) is 19.1. The van der Waals surface area contributed by atoms with Gasteiger partial charge in [-0.1, -0.05) is 65.3 Å². The molecule has 0 aromatic heterocycles. The van der Waals surface area contributed by atoms with Crippen molar-refractivity contribution in [1.29, 1.82) is 5.41 Å². The molecule has 1 fully saturated rings. The number of hydrogen-bond donors (Lipinski definition) is 2. The number of thioether (sulfide) groups is 1. The van der Waals surface area contributed by atoms with Gasteiger partial charge in [0.25, 0.3) is 0 Å². The van der Waals surface area contributed by atoms with Crippen LogP contribution in [0.4, 0.5) is 20.2 Å². The number of ether oxygens (including phenoxy) is 1. The third-order valence-electron chi connectivity index (χ3n) is 5.01. The molecule has 1 amide bonds. The Labute approximate surface area is 255 Å². The van der Waals surface area contributed by atoms with Gasteiger partial charge in [0, 0.05) is 43.5 Å². The number of amidine groups is 2. The van der Waals surface area contributed by atoms with E-state index in [2.05, 4.69) is 19.9 Å². The molecule has 198 valence electrons. The van der Waals surface area contributed by atoms with Gasteiger partial charge < -0.3 is 13.5 Å². The molecule has 3 aromatic carbocycles. The predicted octanol–water partition coefficient (Wildman–Crippen LogP) is 5.47. The minimum atomic E-state index is -2.13. The minimum Gasteiger partial charge on any atom is -0.599 e. The molecule has 0 spiro atoms. The first kappa shape index (κ1) is 30.8. The van der Waals surface area contributed by atoms with Crippen molar-refractivity contribution in [1.82, 2.24) is 0 Å². The smallest absolute Gasteiger partial charge is 0.243 e. The monoisotopic (exact) mass is 754 g/mol. The van der Waals surface area contributed by atoms with Crippen LogP contribution in [-0.2, 0) is 30.6 Å². The summed E-state index contributed by atoms with van der Waals surface area (Å²) in [4.78, 5) is 17.9. The molecule has 1 aliphatic heterocycles. The summed E-state index contributed by atoms with van der Waals surface area (Å²) in [7, 11) is 0. The molecule has 0 aliphatic carbocycles. The maximum absolute atomic E-state index is 12.4. The van der Waals surface area contributed by atoms with E-state index in [-0.39, 0.29) is 49.1 Å². The molecule has 1 saturated heterocycles. The molecule has 0 saturated carbocycles. The Hall–Kier alpha value is -2.77. The van der Waals surface area contributed by atoms with E-state index in [1.165, 1.54) is 41.3 Å². The summed E-state index contributed by atoms with van der Waals surface area (Å²) in [6.45, 7) is -2.13. The van der Waals surface area contributed by atoms with Crippen molar-refractivity contribution in [2.45, 2.75) is 0 Å². The van der Waals surface area contributed by atoms with Crippen LogP contribution in [0.2, 0.25) is 10.0 Å². The number of quaternary nitrogens is 1. The Morgan fingerprint density at radius 3 is 2.38 bits per heavy atom. The SMILES string of the molecule is N=C(N=C[NH2+]c1ccc(O[C-](F)F)cc1)c1ccc(/C=N/N=C2\SCC(=O)N2c2c(Cl)cccc2Cl)cc1.[Hf]. The van der Waals surface area contributed by atoms with Gasteiger partial charge in [-0.25, -0.2) is 0 Å². The van der Waals surface area contributed by atoms with Crippen molar-refractivity contribution >= 4 is 75.8 Å². The van der Waals surface area contributed by atoms with Gasteiger partial charge in [-0.05, 0) is 29.8 Å². The number of nitrogens with one attached hydrogen (secondary N) is 1. The van der Waals surface area contributed by atoms with E-state index >= 15 is 0 Å². The van der Waals surface area contributed by atoms with E-state index in [4.69, 9.17) is 28.6 Å². The first-order valence-corrected chi connectivity index (χ1v) is 12.6. The molecule has 3 aromatic rings. The number of nitrogens with zero attached hydrogens (tertiary/aromatic N) is 4. The van der Waals surface area contributed by atoms with Crippen LogP contribution in [0.25, 0.3) is 0 Å². The topological polar surface area (TPSA) is 107 Å². The van der Waals surface area contributed by atoms with Crippen LogP contribution < -0.4 is 15.0 Å². The molecular weight excluding hydrogens is 736 g/mol. The fourth-order valence-electron chi connectivity index (χ4n) is 3.24. The number of carbonyl (C=O) groups is 1. The minimum absolute atomic E-state index is 0. The molecule has 4 rings (SSSR count). The van der Waals surface area contributed by atoms with E-state index in [1.54, 1.807) is 59.9 Å². The molecule has 39 heavy (non-hydrogen) atoms. The van der Waals surface area contributed by atoms with Crippen LogP contribution in [0.5, 0.6) is 5.75 Å². The first-order chi connectivity index (χ1) is 18.3. The second-order valence-corrected chi connectivity index (χ2v) is 9.28. The number of halogens is 4. The fraction of sp³-hybridized carbons (Fsp3) is 0.0400. The van der Waals surface area contributed by atoms with Crippen molar-refractivity contribution in [3.8, 4) is 5.75 Å².